The van der Waals surface area contributed by atoms with E-state index in [-0.39, 0.29) is 29.4 Å². The number of carbonyl (C=O) groups excluding carboxylic acids is 1. The first kappa shape index (κ1) is 14.8. The zero-order valence-corrected chi connectivity index (χ0v) is 10.1. The van der Waals surface area contributed by atoms with E-state index in [2.05, 4.69) is 5.32 Å². The Hall–Kier alpha value is -1.18. The molecule has 16 heavy (non-hydrogen) atoms. The molecule has 1 rings (SSSR count). The third-order valence-electron chi connectivity index (χ3n) is 1.76. The molecule has 0 aliphatic rings. The SMILES string of the molecule is C[C@@H](CN)NC(=O)c1csc([N+](=O)[O-])c1.Cl. The Kier molecular flexibility index (Phi) is 5.94. The van der Waals surface area contributed by atoms with Gasteiger partial charge in [0.15, 0.2) is 0 Å². The summed E-state index contributed by atoms with van der Waals surface area (Å²) in [5.41, 5.74) is 5.63. The van der Waals surface area contributed by atoms with Gasteiger partial charge in [-0.3, -0.25) is 14.9 Å². The molecule has 8 heteroatoms. The molecule has 1 aromatic rings. The van der Waals surface area contributed by atoms with Gasteiger partial charge in [0.1, 0.15) is 0 Å². The first-order chi connectivity index (χ1) is 7.04. The Labute approximate surface area is 102 Å². The normalized spacial score (nSPS) is 11.4. The molecule has 0 fully saturated rings. The maximum atomic E-state index is 11.5. The summed E-state index contributed by atoms with van der Waals surface area (Å²) < 4.78 is 0. The van der Waals surface area contributed by atoms with Gasteiger partial charge in [-0.2, -0.15) is 0 Å². The Morgan fingerprint density at radius 1 is 1.75 bits per heavy atom. The fourth-order valence-corrected chi connectivity index (χ4v) is 1.61. The van der Waals surface area contributed by atoms with Crippen molar-refractivity contribution in [3.8, 4) is 0 Å². The lowest BCUT2D eigenvalue weighted by molar-refractivity contribution is -0.380. The molecule has 6 nitrogen and oxygen atoms in total. The van der Waals surface area contributed by atoms with Crippen molar-refractivity contribution in [3.05, 3.63) is 27.1 Å². The fraction of sp³-hybridized carbons (Fsp3) is 0.375. The summed E-state index contributed by atoms with van der Waals surface area (Å²) in [6.45, 7) is 2.09. The fourth-order valence-electron chi connectivity index (χ4n) is 0.906. The summed E-state index contributed by atoms with van der Waals surface area (Å²) >= 11 is 0.930. The molecule has 0 aromatic carbocycles. The first-order valence-electron chi connectivity index (χ1n) is 4.28. The van der Waals surface area contributed by atoms with Crippen molar-refractivity contribution >= 4 is 34.7 Å². The van der Waals surface area contributed by atoms with E-state index in [1.54, 1.807) is 6.92 Å². The number of nitrogens with two attached hydrogens (primary N) is 1. The van der Waals surface area contributed by atoms with Gasteiger partial charge in [0.25, 0.3) is 5.91 Å². The minimum Gasteiger partial charge on any atom is -0.348 e. The standard InChI is InChI=1S/C8H11N3O3S.ClH/c1-5(3-9)10-8(12)6-2-7(11(13)14)15-4-6;/h2,4-5H,3,9H2,1H3,(H,10,12);1H/t5-;/m0./s1. The molecular weight excluding hydrogens is 254 g/mol. The number of nitro groups is 1. The van der Waals surface area contributed by atoms with Crippen molar-refractivity contribution in [2.45, 2.75) is 13.0 Å². The minimum atomic E-state index is -0.520. The molecule has 0 spiro atoms. The lowest BCUT2D eigenvalue weighted by Gasteiger charge is -2.09. The van der Waals surface area contributed by atoms with Gasteiger partial charge in [-0.15, -0.1) is 12.4 Å². The van der Waals surface area contributed by atoms with Crippen LogP contribution in [0.25, 0.3) is 0 Å². The number of halogens is 1. The van der Waals surface area contributed by atoms with Crippen molar-refractivity contribution in [1.82, 2.24) is 5.32 Å². The van der Waals surface area contributed by atoms with Crippen LogP contribution in [0.1, 0.15) is 17.3 Å². The average molecular weight is 266 g/mol. The van der Waals surface area contributed by atoms with E-state index in [0.717, 1.165) is 11.3 Å². The van der Waals surface area contributed by atoms with E-state index in [1.807, 2.05) is 0 Å². The maximum Gasteiger partial charge on any atom is 0.324 e. The van der Waals surface area contributed by atoms with Crippen LogP contribution in [0.5, 0.6) is 0 Å². The Bertz CT molecular complexity index is 382. The number of rotatable bonds is 4. The second-order valence-corrected chi connectivity index (χ2v) is 3.93. The van der Waals surface area contributed by atoms with Crippen molar-refractivity contribution in [1.29, 1.82) is 0 Å². The van der Waals surface area contributed by atoms with Crippen molar-refractivity contribution < 1.29 is 9.72 Å². The number of carbonyl (C=O) groups is 1. The van der Waals surface area contributed by atoms with Gasteiger partial charge in [0.2, 0.25) is 0 Å². The lowest BCUT2D eigenvalue weighted by atomic mass is 10.2. The van der Waals surface area contributed by atoms with Gasteiger partial charge in [0, 0.05) is 24.0 Å². The summed E-state index contributed by atoms with van der Waals surface area (Å²) in [4.78, 5) is 21.3. The van der Waals surface area contributed by atoms with Crippen molar-refractivity contribution in [2.75, 3.05) is 6.54 Å². The van der Waals surface area contributed by atoms with Crippen LogP contribution in [0.2, 0.25) is 0 Å². The maximum absolute atomic E-state index is 11.5. The number of hydrogen-bond acceptors (Lipinski definition) is 5. The monoisotopic (exact) mass is 265 g/mol. The Morgan fingerprint density at radius 2 is 2.38 bits per heavy atom. The molecule has 1 atom stereocenters. The molecule has 90 valence electrons. The number of nitrogens with zero attached hydrogens (tertiary/aromatic N) is 1. The molecule has 1 aromatic heterocycles. The van der Waals surface area contributed by atoms with Gasteiger partial charge in [0.05, 0.1) is 10.5 Å². The van der Waals surface area contributed by atoms with E-state index < -0.39 is 4.92 Å². The molecule has 0 saturated heterocycles. The molecule has 3 N–H and O–H groups in total. The van der Waals surface area contributed by atoms with Crippen molar-refractivity contribution in [3.63, 3.8) is 0 Å². The highest BCUT2D eigenvalue weighted by Gasteiger charge is 2.15. The highest BCUT2D eigenvalue weighted by Crippen LogP contribution is 2.22. The van der Waals surface area contributed by atoms with Gasteiger partial charge < -0.3 is 11.1 Å². The summed E-state index contributed by atoms with van der Waals surface area (Å²) in [5.74, 6) is -0.336. The topological polar surface area (TPSA) is 98.3 Å². The number of nitrogens with one attached hydrogen (secondary N) is 1. The molecule has 1 heterocycles. The molecule has 0 unspecified atom stereocenters. The lowest BCUT2D eigenvalue weighted by Crippen LogP contribution is -2.37. The average Bonchev–Trinajstić information content (AvgIpc) is 2.66. The predicted molar refractivity (Wildman–Crippen MR) is 64.2 cm³/mol. The van der Waals surface area contributed by atoms with E-state index in [4.69, 9.17) is 5.73 Å². The van der Waals surface area contributed by atoms with Crippen LogP contribution in [-0.2, 0) is 0 Å². The van der Waals surface area contributed by atoms with Gasteiger partial charge in [-0.05, 0) is 6.92 Å². The van der Waals surface area contributed by atoms with Crippen LogP contribution in [0.15, 0.2) is 11.4 Å². The zero-order chi connectivity index (χ0) is 11.4. The number of thiophene rings is 1. The Balaban J connectivity index is 0.00000225. The molecule has 1 amide bonds. The third-order valence-corrected chi connectivity index (χ3v) is 2.64. The van der Waals surface area contributed by atoms with Crippen LogP contribution >= 0.6 is 23.7 Å². The number of amides is 1. The third kappa shape index (κ3) is 3.76. The highest BCUT2D eigenvalue weighted by atomic mass is 35.5. The van der Waals surface area contributed by atoms with E-state index in [1.165, 1.54) is 11.4 Å². The largest absolute Gasteiger partial charge is 0.348 e. The van der Waals surface area contributed by atoms with Crippen LogP contribution < -0.4 is 11.1 Å². The summed E-state index contributed by atoms with van der Waals surface area (Å²) in [6, 6.07) is 1.11. The van der Waals surface area contributed by atoms with Gasteiger partial charge in [-0.1, -0.05) is 11.3 Å². The van der Waals surface area contributed by atoms with Crippen LogP contribution in [0, 0.1) is 10.1 Å². The van der Waals surface area contributed by atoms with E-state index in [9.17, 15) is 14.9 Å². The molecule has 0 saturated carbocycles. The molecule has 0 bridgehead atoms. The van der Waals surface area contributed by atoms with Gasteiger partial charge in [-0.25, -0.2) is 0 Å². The predicted octanol–water partition coefficient (Wildman–Crippen LogP) is 1.16. The van der Waals surface area contributed by atoms with Crippen LogP contribution in [-0.4, -0.2) is 23.4 Å². The summed E-state index contributed by atoms with van der Waals surface area (Å²) in [5, 5.41) is 14.4. The second kappa shape index (κ2) is 6.41. The second-order valence-electron chi connectivity index (χ2n) is 3.04. The van der Waals surface area contributed by atoms with E-state index >= 15 is 0 Å². The highest BCUT2D eigenvalue weighted by molar-refractivity contribution is 7.13. The van der Waals surface area contributed by atoms with Crippen LogP contribution in [0.4, 0.5) is 5.00 Å². The first-order valence-corrected chi connectivity index (χ1v) is 5.16. The quantitative estimate of drug-likeness (QED) is 0.630. The van der Waals surface area contributed by atoms with E-state index in [0.29, 0.717) is 12.1 Å². The van der Waals surface area contributed by atoms with Crippen LogP contribution in [0.3, 0.4) is 0 Å². The summed E-state index contributed by atoms with van der Waals surface area (Å²) in [6.07, 6.45) is 0. The minimum absolute atomic E-state index is 0. The number of hydrogen-bond donors (Lipinski definition) is 2. The van der Waals surface area contributed by atoms with Gasteiger partial charge >= 0.3 is 5.00 Å². The molecular formula is C8H12ClN3O3S. The zero-order valence-electron chi connectivity index (χ0n) is 8.50. The van der Waals surface area contributed by atoms with Crippen molar-refractivity contribution in [2.24, 2.45) is 5.73 Å². The smallest absolute Gasteiger partial charge is 0.324 e. The molecule has 0 aliphatic heterocycles. The molecule has 0 aliphatic carbocycles. The Morgan fingerprint density at radius 3 is 2.81 bits per heavy atom. The molecule has 0 radical (unpaired) electrons. The summed E-state index contributed by atoms with van der Waals surface area (Å²) in [7, 11) is 0.